The Labute approximate surface area is 128 Å². The predicted octanol–water partition coefficient (Wildman–Crippen LogP) is 2.47. The molecule has 1 atom stereocenters. The first-order valence-electron chi connectivity index (χ1n) is 7.63. The molecule has 4 nitrogen and oxygen atoms in total. The van der Waals surface area contributed by atoms with Crippen LogP contribution < -0.4 is 0 Å². The quantitative estimate of drug-likeness (QED) is 0.929. The fourth-order valence-electron chi connectivity index (χ4n) is 3.27. The molecule has 0 bridgehead atoms. The summed E-state index contributed by atoms with van der Waals surface area (Å²) in [6.45, 7) is 2.40. The Hall–Kier alpha value is -1.91. The van der Waals surface area contributed by atoms with E-state index >= 15 is 0 Å². The van der Waals surface area contributed by atoms with Crippen molar-refractivity contribution in [1.29, 1.82) is 0 Å². The number of amides is 1. The predicted molar refractivity (Wildman–Crippen MR) is 78.7 cm³/mol. The smallest absolute Gasteiger partial charge is 0.311 e. The third-order valence-electron chi connectivity index (χ3n) is 5.07. The maximum absolute atomic E-state index is 13.8. The molecular formula is C17H20FNO3. The Bertz CT molecular complexity index is 626. The highest BCUT2D eigenvalue weighted by atomic mass is 19.1. The highest BCUT2D eigenvalue weighted by molar-refractivity contribution is 5.87. The largest absolute Gasteiger partial charge is 0.481 e. The Morgan fingerprint density at radius 2 is 1.95 bits per heavy atom. The number of hydrogen-bond acceptors (Lipinski definition) is 2. The van der Waals surface area contributed by atoms with Crippen LogP contribution in [-0.4, -0.2) is 35.0 Å². The summed E-state index contributed by atoms with van der Waals surface area (Å²) in [6, 6.07) is 6.54. The lowest BCUT2D eigenvalue weighted by Gasteiger charge is -2.25. The van der Waals surface area contributed by atoms with Gasteiger partial charge in [-0.3, -0.25) is 9.59 Å². The number of rotatable bonds is 4. The molecular weight excluding hydrogens is 285 g/mol. The average molecular weight is 305 g/mol. The first-order chi connectivity index (χ1) is 10.4. The lowest BCUT2D eigenvalue weighted by atomic mass is 9.90. The van der Waals surface area contributed by atoms with Crippen molar-refractivity contribution in [3.8, 4) is 0 Å². The summed E-state index contributed by atoms with van der Waals surface area (Å²) in [5.41, 5.74) is -0.816. The summed E-state index contributed by atoms with van der Waals surface area (Å²) >= 11 is 0. The molecule has 0 aromatic heterocycles. The maximum Gasteiger partial charge on any atom is 0.311 e. The number of carbonyl (C=O) groups excluding carboxylic acids is 1. The standard InChI is InChI=1S/C17H20FNO3/c1-16(15(21)22)8-9-19(11-16)14(20)17(6-7-17)10-12-4-2-3-5-13(12)18/h2-5H,6-11H2,1H3,(H,21,22). The molecule has 3 rings (SSSR count). The zero-order chi connectivity index (χ0) is 16.0. The molecule has 1 saturated carbocycles. The Balaban J connectivity index is 1.73. The lowest BCUT2D eigenvalue weighted by Crippen LogP contribution is -2.39. The summed E-state index contributed by atoms with van der Waals surface area (Å²) in [5.74, 6) is -1.15. The highest BCUT2D eigenvalue weighted by Crippen LogP contribution is 2.51. The second kappa shape index (κ2) is 5.07. The molecule has 1 unspecified atom stereocenters. The summed E-state index contributed by atoms with van der Waals surface area (Å²) < 4.78 is 13.8. The SMILES string of the molecule is CC1(C(=O)O)CCN(C(=O)C2(Cc3ccccc3F)CC2)C1. The van der Waals surface area contributed by atoms with Gasteiger partial charge in [0.25, 0.3) is 0 Å². The highest BCUT2D eigenvalue weighted by Gasteiger charge is 2.54. The van der Waals surface area contributed by atoms with Crippen LogP contribution in [0.25, 0.3) is 0 Å². The van der Waals surface area contributed by atoms with Gasteiger partial charge in [0.1, 0.15) is 5.82 Å². The number of benzene rings is 1. The molecule has 2 aliphatic rings. The number of nitrogens with zero attached hydrogens (tertiary/aromatic N) is 1. The maximum atomic E-state index is 13.8. The monoisotopic (exact) mass is 305 g/mol. The van der Waals surface area contributed by atoms with Crippen LogP contribution in [0, 0.1) is 16.6 Å². The van der Waals surface area contributed by atoms with Crippen LogP contribution in [0.3, 0.4) is 0 Å². The zero-order valence-electron chi connectivity index (χ0n) is 12.6. The van der Waals surface area contributed by atoms with E-state index in [-0.39, 0.29) is 18.3 Å². The molecule has 1 aromatic rings. The van der Waals surface area contributed by atoms with E-state index in [0.29, 0.717) is 24.9 Å². The first kappa shape index (κ1) is 15.0. The summed E-state index contributed by atoms with van der Waals surface area (Å²) in [6.07, 6.45) is 2.38. The van der Waals surface area contributed by atoms with E-state index in [1.807, 2.05) is 0 Å². The third kappa shape index (κ3) is 2.49. The van der Waals surface area contributed by atoms with E-state index in [9.17, 15) is 19.1 Å². The lowest BCUT2D eigenvalue weighted by molar-refractivity contribution is -0.147. The number of hydrogen-bond donors (Lipinski definition) is 1. The van der Waals surface area contributed by atoms with E-state index in [2.05, 4.69) is 0 Å². The molecule has 1 aromatic carbocycles. The van der Waals surface area contributed by atoms with Gasteiger partial charge in [-0.2, -0.15) is 0 Å². The van der Waals surface area contributed by atoms with Gasteiger partial charge < -0.3 is 10.0 Å². The summed E-state index contributed by atoms with van der Waals surface area (Å²) in [7, 11) is 0. The van der Waals surface area contributed by atoms with E-state index in [1.165, 1.54) is 6.07 Å². The molecule has 118 valence electrons. The van der Waals surface area contributed by atoms with Crippen molar-refractivity contribution in [3.05, 3.63) is 35.6 Å². The molecule has 1 aliphatic heterocycles. The van der Waals surface area contributed by atoms with E-state index in [0.717, 1.165) is 12.8 Å². The summed E-state index contributed by atoms with van der Waals surface area (Å²) in [5, 5.41) is 9.27. The average Bonchev–Trinajstić information content (AvgIpc) is 3.15. The van der Waals surface area contributed by atoms with Gasteiger partial charge in [-0.1, -0.05) is 18.2 Å². The minimum Gasteiger partial charge on any atom is -0.481 e. The van der Waals surface area contributed by atoms with E-state index < -0.39 is 16.8 Å². The molecule has 5 heteroatoms. The van der Waals surface area contributed by atoms with Gasteiger partial charge in [0.2, 0.25) is 5.91 Å². The fourth-order valence-corrected chi connectivity index (χ4v) is 3.27. The molecule has 22 heavy (non-hydrogen) atoms. The van der Waals surface area contributed by atoms with Gasteiger partial charge in [-0.15, -0.1) is 0 Å². The Morgan fingerprint density at radius 3 is 2.50 bits per heavy atom. The van der Waals surface area contributed by atoms with Crippen LogP contribution in [0.15, 0.2) is 24.3 Å². The number of carbonyl (C=O) groups is 2. The minimum atomic E-state index is -0.859. The molecule has 0 radical (unpaired) electrons. The fraction of sp³-hybridized carbons (Fsp3) is 0.529. The van der Waals surface area contributed by atoms with Crippen LogP contribution in [0.2, 0.25) is 0 Å². The van der Waals surface area contributed by atoms with Crippen molar-refractivity contribution in [1.82, 2.24) is 4.90 Å². The molecule has 1 amide bonds. The van der Waals surface area contributed by atoms with Crippen molar-refractivity contribution < 1.29 is 19.1 Å². The van der Waals surface area contributed by atoms with Crippen LogP contribution in [0.5, 0.6) is 0 Å². The van der Waals surface area contributed by atoms with Crippen LogP contribution in [-0.2, 0) is 16.0 Å². The molecule has 1 heterocycles. The normalized spacial score (nSPS) is 26.0. The van der Waals surface area contributed by atoms with Gasteiger partial charge in [-0.05, 0) is 44.2 Å². The number of likely N-dealkylation sites (tertiary alicyclic amines) is 1. The molecule has 0 spiro atoms. The van der Waals surface area contributed by atoms with Crippen LogP contribution >= 0.6 is 0 Å². The number of halogens is 1. The van der Waals surface area contributed by atoms with Gasteiger partial charge in [-0.25, -0.2) is 4.39 Å². The molecule has 2 fully saturated rings. The van der Waals surface area contributed by atoms with Gasteiger partial charge in [0.15, 0.2) is 0 Å². The van der Waals surface area contributed by atoms with E-state index in [1.54, 1.807) is 30.0 Å². The van der Waals surface area contributed by atoms with Gasteiger partial charge >= 0.3 is 5.97 Å². The first-order valence-corrected chi connectivity index (χ1v) is 7.63. The van der Waals surface area contributed by atoms with Crippen molar-refractivity contribution in [2.24, 2.45) is 10.8 Å². The number of carboxylic acids is 1. The third-order valence-corrected chi connectivity index (χ3v) is 5.07. The topological polar surface area (TPSA) is 57.6 Å². The number of aliphatic carboxylic acids is 1. The molecule has 1 aliphatic carbocycles. The van der Waals surface area contributed by atoms with Crippen molar-refractivity contribution in [2.75, 3.05) is 13.1 Å². The summed E-state index contributed by atoms with van der Waals surface area (Å²) in [4.78, 5) is 25.7. The van der Waals surface area contributed by atoms with Crippen LogP contribution in [0.4, 0.5) is 4.39 Å². The minimum absolute atomic E-state index is 0.0132. The second-order valence-electron chi connectivity index (χ2n) is 6.89. The van der Waals surface area contributed by atoms with Crippen molar-refractivity contribution >= 4 is 11.9 Å². The number of carboxylic acid groups (broad SMARTS) is 1. The van der Waals surface area contributed by atoms with Crippen LogP contribution in [0.1, 0.15) is 31.7 Å². The Kier molecular flexibility index (Phi) is 3.46. The molecule has 1 saturated heterocycles. The second-order valence-corrected chi connectivity index (χ2v) is 6.89. The molecule has 1 N–H and O–H groups in total. The van der Waals surface area contributed by atoms with Gasteiger partial charge in [0, 0.05) is 13.1 Å². The van der Waals surface area contributed by atoms with Crippen molar-refractivity contribution in [2.45, 2.75) is 32.6 Å². The zero-order valence-corrected chi connectivity index (χ0v) is 12.6. The Morgan fingerprint density at radius 1 is 1.27 bits per heavy atom. The van der Waals surface area contributed by atoms with Crippen molar-refractivity contribution in [3.63, 3.8) is 0 Å². The van der Waals surface area contributed by atoms with E-state index in [4.69, 9.17) is 0 Å². The van der Waals surface area contributed by atoms with Gasteiger partial charge in [0.05, 0.1) is 10.8 Å².